The Morgan fingerprint density at radius 3 is 2.27 bits per heavy atom. The molecule has 0 unspecified atom stereocenters. The van der Waals surface area contributed by atoms with Crippen molar-refractivity contribution in [2.45, 2.75) is 19.3 Å². The number of anilines is 2. The number of rotatable bonds is 4. The first-order chi connectivity index (χ1) is 16.3. The standard InChI is InChI=1S/C25H24N8/c26-22-15-20(18-7-3-1-4-8-18)29-32(22)24-17-25(31-13-5-2-6-14-31)33-23(28-24)16-21(30-33)19-9-11-27-12-10-19/h1,3-4,7-12,15-17H,2,5-6,13-14,26H2. The first-order valence-corrected chi connectivity index (χ1v) is 11.2. The Balaban J connectivity index is 1.51. The second kappa shape index (κ2) is 8.05. The van der Waals surface area contributed by atoms with Crippen molar-refractivity contribution in [3.05, 3.63) is 73.1 Å². The fraction of sp³-hybridized carbons (Fsp3) is 0.200. The van der Waals surface area contributed by atoms with Gasteiger partial charge >= 0.3 is 0 Å². The fourth-order valence-corrected chi connectivity index (χ4v) is 4.40. The molecule has 5 heterocycles. The van der Waals surface area contributed by atoms with E-state index in [1.807, 2.05) is 65.2 Å². The number of pyridine rings is 1. The molecule has 4 aromatic heterocycles. The average molecular weight is 437 g/mol. The minimum atomic E-state index is 0.546. The van der Waals surface area contributed by atoms with Gasteiger partial charge in [-0.1, -0.05) is 30.3 Å². The Morgan fingerprint density at radius 2 is 1.48 bits per heavy atom. The van der Waals surface area contributed by atoms with Gasteiger partial charge < -0.3 is 10.6 Å². The van der Waals surface area contributed by atoms with Crippen molar-refractivity contribution < 1.29 is 0 Å². The number of nitrogens with two attached hydrogens (primary N) is 1. The van der Waals surface area contributed by atoms with E-state index in [0.717, 1.165) is 47.1 Å². The molecule has 0 spiro atoms. The van der Waals surface area contributed by atoms with Crippen molar-refractivity contribution in [3.8, 4) is 28.3 Å². The van der Waals surface area contributed by atoms with E-state index < -0.39 is 0 Å². The lowest BCUT2D eigenvalue weighted by Crippen LogP contribution is -2.31. The third-order valence-corrected chi connectivity index (χ3v) is 6.07. The topological polar surface area (TPSA) is 90.2 Å². The molecule has 1 saturated heterocycles. The van der Waals surface area contributed by atoms with Gasteiger partial charge in [0.25, 0.3) is 0 Å². The number of fused-ring (bicyclic) bond motifs is 1. The van der Waals surface area contributed by atoms with Crippen LogP contribution in [0.5, 0.6) is 0 Å². The molecule has 1 aliphatic heterocycles. The van der Waals surface area contributed by atoms with Crippen molar-refractivity contribution in [3.63, 3.8) is 0 Å². The molecule has 5 aromatic rings. The molecule has 1 aromatic carbocycles. The van der Waals surface area contributed by atoms with E-state index in [4.69, 9.17) is 20.9 Å². The molecule has 0 radical (unpaired) electrons. The summed E-state index contributed by atoms with van der Waals surface area (Å²) >= 11 is 0. The lowest BCUT2D eigenvalue weighted by Gasteiger charge is -2.29. The van der Waals surface area contributed by atoms with E-state index in [1.54, 1.807) is 17.1 Å². The largest absolute Gasteiger partial charge is 0.384 e. The molecule has 1 fully saturated rings. The molecular weight excluding hydrogens is 412 g/mol. The number of nitrogen functional groups attached to an aromatic ring is 1. The monoisotopic (exact) mass is 436 g/mol. The Kier molecular flexibility index (Phi) is 4.75. The second-order valence-corrected chi connectivity index (χ2v) is 8.29. The van der Waals surface area contributed by atoms with Crippen LogP contribution in [0.25, 0.3) is 34.0 Å². The zero-order chi connectivity index (χ0) is 22.2. The summed E-state index contributed by atoms with van der Waals surface area (Å²) in [5.74, 6) is 2.24. The first-order valence-electron chi connectivity index (χ1n) is 11.2. The highest BCUT2D eigenvalue weighted by Gasteiger charge is 2.20. The van der Waals surface area contributed by atoms with Crippen LogP contribution in [0.1, 0.15) is 19.3 Å². The Bertz CT molecular complexity index is 1400. The summed E-state index contributed by atoms with van der Waals surface area (Å²) in [7, 11) is 0. The smallest absolute Gasteiger partial charge is 0.161 e. The number of nitrogens with zero attached hydrogens (tertiary/aromatic N) is 7. The van der Waals surface area contributed by atoms with Crippen LogP contribution in [0.15, 0.2) is 73.1 Å². The normalized spacial score (nSPS) is 14.1. The van der Waals surface area contributed by atoms with E-state index in [9.17, 15) is 0 Å². The summed E-state index contributed by atoms with van der Waals surface area (Å²) in [6.45, 7) is 1.99. The lowest BCUT2D eigenvalue weighted by atomic mass is 10.1. The summed E-state index contributed by atoms with van der Waals surface area (Å²) in [6.07, 6.45) is 7.14. The molecule has 0 aliphatic carbocycles. The number of benzene rings is 1. The van der Waals surface area contributed by atoms with Gasteiger partial charge in [0.1, 0.15) is 11.6 Å². The number of piperidine rings is 1. The van der Waals surface area contributed by atoms with E-state index in [1.165, 1.54) is 19.3 Å². The van der Waals surface area contributed by atoms with Crippen molar-refractivity contribution in [1.29, 1.82) is 0 Å². The van der Waals surface area contributed by atoms with Crippen molar-refractivity contribution in [1.82, 2.24) is 29.4 Å². The van der Waals surface area contributed by atoms with Crippen LogP contribution in [-0.4, -0.2) is 42.5 Å². The van der Waals surface area contributed by atoms with E-state index in [0.29, 0.717) is 11.6 Å². The molecule has 33 heavy (non-hydrogen) atoms. The van der Waals surface area contributed by atoms with Crippen LogP contribution in [-0.2, 0) is 0 Å². The zero-order valence-electron chi connectivity index (χ0n) is 18.2. The van der Waals surface area contributed by atoms with Gasteiger partial charge in [0.15, 0.2) is 11.5 Å². The number of hydrogen-bond donors (Lipinski definition) is 1. The molecule has 164 valence electrons. The van der Waals surface area contributed by atoms with Gasteiger partial charge in [-0.15, -0.1) is 0 Å². The second-order valence-electron chi connectivity index (χ2n) is 8.29. The predicted molar refractivity (Wildman–Crippen MR) is 129 cm³/mol. The van der Waals surface area contributed by atoms with Gasteiger partial charge in [-0.2, -0.15) is 19.4 Å². The van der Waals surface area contributed by atoms with Gasteiger partial charge in [-0.05, 0) is 31.4 Å². The Labute approximate surface area is 191 Å². The maximum Gasteiger partial charge on any atom is 0.161 e. The molecule has 8 heteroatoms. The Hall–Kier alpha value is -4.20. The zero-order valence-corrected chi connectivity index (χ0v) is 18.2. The van der Waals surface area contributed by atoms with Crippen LogP contribution >= 0.6 is 0 Å². The minimum Gasteiger partial charge on any atom is -0.384 e. The molecule has 8 nitrogen and oxygen atoms in total. The van der Waals surface area contributed by atoms with Gasteiger partial charge in [-0.3, -0.25) is 4.98 Å². The first kappa shape index (κ1) is 19.5. The molecule has 0 atom stereocenters. The maximum atomic E-state index is 6.40. The SMILES string of the molecule is Nc1cc(-c2ccccc2)nn1-c1cc(N2CCCCC2)n2nc(-c3ccncc3)cc2n1. The minimum absolute atomic E-state index is 0.546. The summed E-state index contributed by atoms with van der Waals surface area (Å²) in [5, 5.41) is 9.67. The summed E-state index contributed by atoms with van der Waals surface area (Å²) in [4.78, 5) is 11.4. The molecule has 0 amide bonds. The quantitative estimate of drug-likeness (QED) is 0.454. The van der Waals surface area contributed by atoms with Gasteiger partial charge in [0, 0.05) is 54.8 Å². The number of hydrogen-bond acceptors (Lipinski definition) is 6. The van der Waals surface area contributed by atoms with Gasteiger partial charge in [0.05, 0.1) is 11.4 Å². The fourth-order valence-electron chi connectivity index (χ4n) is 4.40. The molecule has 2 N–H and O–H groups in total. The van der Waals surface area contributed by atoms with E-state index in [2.05, 4.69) is 9.88 Å². The highest BCUT2D eigenvalue weighted by molar-refractivity contribution is 5.68. The molecule has 0 bridgehead atoms. The molecule has 6 rings (SSSR count). The average Bonchev–Trinajstić information content (AvgIpc) is 3.49. The van der Waals surface area contributed by atoms with Crippen molar-refractivity contribution >= 4 is 17.3 Å². The van der Waals surface area contributed by atoms with Crippen LogP contribution < -0.4 is 10.6 Å². The van der Waals surface area contributed by atoms with Crippen LogP contribution in [0.2, 0.25) is 0 Å². The highest BCUT2D eigenvalue weighted by Crippen LogP contribution is 2.28. The molecule has 0 saturated carbocycles. The van der Waals surface area contributed by atoms with Crippen LogP contribution in [0.3, 0.4) is 0 Å². The highest BCUT2D eigenvalue weighted by atomic mass is 15.4. The van der Waals surface area contributed by atoms with Crippen molar-refractivity contribution in [2.75, 3.05) is 23.7 Å². The van der Waals surface area contributed by atoms with Crippen molar-refractivity contribution in [2.24, 2.45) is 0 Å². The molecule has 1 aliphatic rings. The van der Waals surface area contributed by atoms with Gasteiger partial charge in [-0.25, -0.2) is 4.98 Å². The summed E-state index contributed by atoms with van der Waals surface area (Å²) in [6, 6.07) is 19.9. The summed E-state index contributed by atoms with van der Waals surface area (Å²) < 4.78 is 3.65. The van der Waals surface area contributed by atoms with Crippen LogP contribution in [0, 0.1) is 0 Å². The van der Waals surface area contributed by atoms with E-state index in [-0.39, 0.29) is 0 Å². The predicted octanol–water partition coefficient (Wildman–Crippen LogP) is 4.22. The molecular formula is C25H24N8. The van der Waals surface area contributed by atoms with Crippen LogP contribution in [0.4, 0.5) is 11.6 Å². The Morgan fingerprint density at radius 1 is 0.758 bits per heavy atom. The number of aromatic nitrogens is 6. The van der Waals surface area contributed by atoms with E-state index >= 15 is 0 Å². The third kappa shape index (κ3) is 3.59. The van der Waals surface area contributed by atoms with Gasteiger partial charge in [0.2, 0.25) is 0 Å². The maximum absolute atomic E-state index is 6.40. The lowest BCUT2D eigenvalue weighted by molar-refractivity contribution is 0.568. The third-order valence-electron chi connectivity index (χ3n) is 6.07. The summed E-state index contributed by atoms with van der Waals surface area (Å²) in [5.41, 5.74) is 10.9.